The summed E-state index contributed by atoms with van der Waals surface area (Å²) in [6.07, 6.45) is 1.76. The highest BCUT2D eigenvalue weighted by atomic mass is 16.5. The SMILES string of the molecule is O=C1CC(c2ccccc2OCCO)c2ccc(N3CCCC3=O)cc2N1. The van der Waals surface area contributed by atoms with Crippen LogP contribution in [0.2, 0.25) is 0 Å². The number of aliphatic hydroxyl groups excluding tert-OH is 1. The molecule has 2 aliphatic rings. The van der Waals surface area contributed by atoms with E-state index in [1.54, 1.807) is 4.90 Å². The summed E-state index contributed by atoms with van der Waals surface area (Å²) in [5.41, 5.74) is 3.49. The minimum atomic E-state index is -0.132. The summed E-state index contributed by atoms with van der Waals surface area (Å²) < 4.78 is 5.67. The van der Waals surface area contributed by atoms with Gasteiger partial charge in [0.15, 0.2) is 0 Å². The van der Waals surface area contributed by atoms with Crippen LogP contribution >= 0.6 is 0 Å². The zero-order valence-electron chi connectivity index (χ0n) is 15.0. The van der Waals surface area contributed by atoms with Crippen LogP contribution in [0, 0.1) is 0 Å². The number of carbonyl (C=O) groups is 2. The van der Waals surface area contributed by atoms with Gasteiger partial charge in [-0.2, -0.15) is 0 Å². The molecule has 4 rings (SSSR count). The molecule has 1 saturated heterocycles. The van der Waals surface area contributed by atoms with Crippen LogP contribution in [0.1, 0.15) is 36.3 Å². The highest BCUT2D eigenvalue weighted by Crippen LogP contribution is 2.42. The predicted molar refractivity (Wildman–Crippen MR) is 102 cm³/mol. The molecule has 2 aliphatic heterocycles. The Kier molecular flexibility index (Phi) is 4.81. The summed E-state index contributed by atoms with van der Waals surface area (Å²) in [7, 11) is 0. The molecule has 0 aliphatic carbocycles. The van der Waals surface area contributed by atoms with E-state index in [0.29, 0.717) is 25.1 Å². The second kappa shape index (κ2) is 7.40. The number of benzene rings is 2. The van der Waals surface area contributed by atoms with E-state index in [-0.39, 0.29) is 30.9 Å². The van der Waals surface area contributed by atoms with Crippen molar-refractivity contribution >= 4 is 23.2 Å². The molecule has 6 heteroatoms. The number of fused-ring (bicyclic) bond motifs is 1. The number of amides is 2. The Hall–Kier alpha value is -2.86. The zero-order chi connectivity index (χ0) is 18.8. The van der Waals surface area contributed by atoms with E-state index in [1.165, 1.54) is 0 Å². The van der Waals surface area contributed by atoms with Gasteiger partial charge < -0.3 is 20.1 Å². The van der Waals surface area contributed by atoms with E-state index in [2.05, 4.69) is 5.32 Å². The highest BCUT2D eigenvalue weighted by Gasteiger charge is 2.30. The van der Waals surface area contributed by atoms with Gasteiger partial charge in [-0.1, -0.05) is 24.3 Å². The second-order valence-electron chi connectivity index (χ2n) is 6.84. The van der Waals surface area contributed by atoms with Crippen molar-refractivity contribution in [2.75, 3.05) is 30.0 Å². The molecule has 140 valence electrons. The molecule has 0 saturated carbocycles. The Morgan fingerprint density at radius 1 is 1.15 bits per heavy atom. The molecule has 2 aromatic rings. The van der Waals surface area contributed by atoms with Crippen LogP contribution in [0.15, 0.2) is 42.5 Å². The quantitative estimate of drug-likeness (QED) is 0.853. The summed E-state index contributed by atoms with van der Waals surface area (Å²) in [6.45, 7) is 0.856. The minimum absolute atomic E-state index is 0.0608. The van der Waals surface area contributed by atoms with Crippen molar-refractivity contribution in [1.82, 2.24) is 0 Å². The average Bonchev–Trinajstić information content (AvgIpc) is 3.11. The van der Waals surface area contributed by atoms with Gasteiger partial charge in [0.25, 0.3) is 0 Å². The normalized spacial score (nSPS) is 19.0. The first-order chi connectivity index (χ1) is 13.2. The maximum absolute atomic E-state index is 12.4. The van der Waals surface area contributed by atoms with Gasteiger partial charge in [-0.15, -0.1) is 0 Å². The summed E-state index contributed by atoms with van der Waals surface area (Å²) >= 11 is 0. The third-order valence-corrected chi connectivity index (χ3v) is 5.10. The summed E-state index contributed by atoms with van der Waals surface area (Å²) in [6, 6.07) is 13.4. The van der Waals surface area contributed by atoms with Gasteiger partial charge in [0, 0.05) is 42.2 Å². The molecule has 2 N–H and O–H groups in total. The van der Waals surface area contributed by atoms with E-state index in [1.807, 2.05) is 42.5 Å². The third-order valence-electron chi connectivity index (χ3n) is 5.10. The molecule has 2 heterocycles. The Balaban J connectivity index is 1.71. The Labute approximate surface area is 157 Å². The topological polar surface area (TPSA) is 78.9 Å². The van der Waals surface area contributed by atoms with E-state index in [9.17, 15) is 9.59 Å². The van der Waals surface area contributed by atoms with Crippen molar-refractivity contribution in [2.24, 2.45) is 0 Å². The first-order valence-corrected chi connectivity index (χ1v) is 9.24. The Morgan fingerprint density at radius 2 is 2.00 bits per heavy atom. The molecule has 1 unspecified atom stereocenters. The number of anilines is 2. The van der Waals surface area contributed by atoms with Gasteiger partial charge in [-0.05, 0) is 30.2 Å². The third kappa shape index (κ3) is 3.40. The number of para-hydroxylation sites is 1. The molecule has 2 aromatic carbocycles. The van der Waals surface area contributed by atoms with Crippen molar-refractivity contribution in [1.29, 1.82) is 0 Å². The summed E-state index contributed by atoms with van der Waals surface area (Å²) in [5, 5.41) is 12.0. The molecule has 27 heavy (non-hydrogen) atoms. The largest absolute Gasteiger partial charge is 0.491 e. The van der Waals surface area contributed by atoms with Crippen LogP contribution < -0.4 is 15.0 Å². The zero-order valence-corrected chi connectivity index (χ0v) is 15.0. The molecular formula is C21H22N2O4. The lowest BCUT2D eigenvalue weighted by molar-refractivity contribution is -0.117. The molecule has 1 atom stereocenters. The van der Waals surface area contributed by atoms with Crippen LogP contribution in [0.5, 0.6) is 5.75 Å². The van der Waals surface area contributed by atoms with Gasteiger partial charge in [0.1, 0.15) is 12.4 Å². The molecule has 0 bridgehead atoms. The van der Waals surface area contributed by atoms with Crippen molar-refractivity contribution in [2.45, 2.75) is 25.2 Å². The Morgan fingerprint density at radius 3 is 2.78 bits per heavy atom. The first kappa shape index (κ1) is 17.5. The van der Waals surface area contributed by atoms with Crippen LogP contribution in [-0.4, -0.2) is 36.7 Å². The number of rotatable bonds is 5. The van der Waals surface area contributed by atoms with Gasteiger partial charge in [0.05, 0.1) is 6.61 Å². The van der Waals surface area contributed by atoms with E-state index in [0.717, 1.165) is 28.9 Å². The molecule has 0 spiro atoms. The summed E-state index contributed by atoms with van der Waals surface area (Å²) in [4.78, 5) is 26.2. The molecular weight excluding hydrogens is 344 g/mol. The van der Waals surface area contributed by atoms with Crippen molar-refractivity contribution in [3.05, 3.63) is 53.6 Å². The van der Waals surface area contributed by atoms with E-state index >= 15 is 0 Å². The fourth-order valence-corrected chi connectivity index (χ4v) is 3.87. The molecule has 0 radical (unpaired) electrons. The molecule has 6 nitrogen and oxygen atoms in total. The summed E-state index contributed by atoms with van der Waals surface area (Å²) in [5.74, 6) is 0.605. The smallest absolute Gasteiger partial charge is 0.227 e. The number of nitrogens with one attached hydrogen (secondary N) is 1. The number of nitrogens with zero attached hydrogens (tertiary/aromatic N) is 1. The molecule has 1 fully saturated rings. The van der Waals surface area contributed by atoms with E-state index < -0.39 is 0 Å². The van der Waals surface area contributed by atoms with Gasteiger partial charge in [-0.3, -0.25) is 9.59 Å². The number of carbonyl (C=O) groups excluding carboxylic acids is 2. The number of hydrogen-bond acceptors (Lipinski definition) is 4. The van der Waals surface area contributed by atoms with Crippen LogP contribution in [0.4, 0.5) is 11.4 Å². The van der Waals surface area contributed by atoms with Crippen LogP contribution in [0.3, 0.4) is 0 Å². The lowest BCUT2D eigenvalue weighted by Crippen LogP contribution is -2.26. The van der Waals surface area contributed by atoms with E-state index in [4.69, 9.17) is 9.84 Å². The number of hydrogen-bond donors (Lipinski definition) is 2. The van der Waals surface area contributed by atoms with Crippen LogP contribution in [0.25, 0.3) is 0 Å². The van der Waals surface area contributed by atoms with Gasteiger partial charge in [0.2, 0.25) is 11.8 Å². The van der Waals surface area contributed by atoms with Crippen molar-refractivity contribution in [3.8, 4) is 5.75 Å². The molecule has 0 aromatic heterocycles. The van der Waals surface area contributed by atoms with Gasteiger partial charge in [-0.25, -0.2) is 0 Å². The fourth-order valence-electron chi connectivity index (χ4n) is 3.87. The average molecular weight is 366 g/mol. The van der Waals surface area contributed by atoms with Crippen LogP contribution in [-0.2, 0) is 9.59 Å². The lowest BCUT2D eigenvalue weighted by atomic mass is 9.84. The predicted octanol–water partition coefficient (Wildman–Crippen LogP) is 2.66. The van der Waals surface area contributed by atoms with Crippen molar-refractivity contribution < 1.29 is 19.4 Å². The maximum atomic E-state index is 12.4. The van der Waals surface area contributed by atoms with Gasteiger partial charge >= 0.3 is 0 Å². The first-order valence-electron chi connectivity index (χ1n) is 9.24. The Bertz CT molecular complexity index is 880. The minimum Gasteiger partial charge on any atom is -0.491 e. The highest BCUT2D eigenvalue weighted by molar-refractivity contribution is 5.99. The lowest BCUT2D eigenvalue weighted by Gasteiger charge is -2.28. The number of aliphatic hydroxyl groups is 1. The number of ether oxygens (including phenoxy) is 1. The fraction of sp³-hybridized carbons (Fsp3) is 0.333. The monoisotopic (exact) mass is 366 g/mol. The maximum Gasteiger partial charge on any atom is 0.227 e. The molecule has 2 amide bonds. The second-order valence-corrected chi connectivity index (χ2v) is 6.84. The standard InChI is InChI=1S/C21H22N2O4/c24-10-11-27-19-5-2-1-4-16(19)17-13-20(25)22-18-12-14(7-8-15(17)18)23-9-3-6-21(23)26/h1-2,4-5,7-8,12,17,24H,3,6,9-11,13H2,(H,22,25). The van der Waals surface area contributed by atoms with Crippen molar-refractivity contribution in [3.63, 3.8) is 0 Å².